The molecule has 1 aliphatic carbocycles. The number of carbonyl (C=O) groups excluding carboxylic acids is 1. The van der Waals surface area contributed by atoms with E-state index in [1.54, 1.807) is 0 Å². The van der Waals surface area contributed by atoms with Crippen molar-refractivity contribution in [3.8, 4) is 0 Å². The normalized spacial score (nSPS) is 30.1. The van der Waals surface area contributed by atoms with Crippen molar-refractivity contribution in [2.45, 2.75) is 53.4 Å². The molecular weight excluding hydrogens is 232 g/mol. The van der Waals surface area contributed by atoms with Crippen LogP contribution >= 0.6 is 0 Å². The second kappa shape index (κ2) is 5.29. The largest absolute Gasteiger partial charge is 0.481 e. The maximum absolute atomic E-state index is 12.2. The van der Waals surface area contributed by atoms with Gasteiger partial charge in [-0.25, -0.2) is 0 Å². The van der Waals surface area contributed by atoms with E-state index in [0.29, 0.717) is 19.4 Å². The van der Waals surface area contributed by atoms with Crippen LogP contribution in [0.15, 0.2) is 0 Å². The zero-order chi connectivity index (χ0) is 14.0. The van der Waals surface area contributed by atoms with E-state index in [-0.39, 0.29) is 5.97 Å². The van der Waals surface area contributed by atoms with Gasteiger partial charge in [0, 0.05) is 0 Å². The van der Waals surface area contributed by atoms with Gasteiger partial charge in [-0.05, 0) is 31.6 Å². The van der Waals surface area contributed by atoms with Crippen LogP contribution in [0.3, 0.4) is 0 Å². The maximum Gasteiger partial charge on any atom is 0.312 e. The van der Waals surface area contributed by atoms with Gasteiger partial charge >= 0.3 is 11.9 Å². The quantitative estimate of drug-likeness (QED) is 0.607. The minimum atomic E-state index is -0.815. The number of carbonyl (C=O) groups is 2. The molecule has 1 saturated carbocycles. The van der Waals surface area contributed by atoms with Gasteiger partial charge in [0.2, 0.25) is 0 Å². The van der Waals surface area contributed by atoms with Crippen molar-refractivity contribution < 1.29 is 19.4 Å². The van der Waals surface area contributed by atoms with E-state index in [1.165, 1.54) is 0 Å². The molecule has 0 aromatic rings. The van der Waals surface area contributed by atoms with E-state index < -0.39 is 22.7 Å². The molecule has 1 rings (SSSR count). The van der Waals surface area contributed by atoms with E-state index >= 15 is 0 Å². The molecule has 1 N–H and O–H groups in total. The van der Waals surface area contributed by atoms with E-state index in [4.69, 9.17) is 4.74 Å². The van der Waals surface area contributed by atoms with Crippen molar-refractivity contribution in [3.63, 3.8) is 0 Å². The summed E-state index contributed by atoms with van der Waals surface area (Å²) in [5, 5.41) is 9.22. The number of aliphatic carboxylic acids is 1. The summed E-state index contributed by atoms with van der Waals surface area (Å²) >= 11 is 0. The molecule has 0 amide bonds. The van der Waals surface area contributed by atoms with Crippen molar-refractivity contribution >= 4 is 11.9 Å². The number of carboxylic acid groups (broad SMARTS) is 1. The van der Waals surface area contributed by atoms with E-state index in [9.17, 15) is 14.7 Å². The average Bonchev–Trinajstić information content (AvgIpc) is 2.51. The molecule has 0 aromatic heterocycles. The van der Waals surface area contributed by atoms with Gasteiger partial charge < -0.3 is 9.84 Å². The van der Waals surface area contributed by atoms with Crippen LogP contribution in [0.25, 0.3) is 0 Å². The Morgan fingerprint density at radius 2 is 1.94 bits per heavy atom. The zero-order valence-electron chi connectivity index (χ0n) is 11.8. The molecule has 0 aliphatic heterocycles. The summed E-state index contributed by atoms with van der Waals surface area (Å²) in [5.41, 5.74) is -1.26. The minimum absolute atomic E-state index is 0.246. The Morgan fingerprint density at radius 1 is 1.33 bits per heavy atom. The Kier molecular flexibility index (Phi) is 4.41. The van der Waals surface area contributed by atoms with Gasteiger partial charge in [0.05, 0.1) is 17.9 Å². The molecule has 104 valence electrons. The Hall–Kier alpha value is -1.06. The van der Waals surface area contributed by atoms with Crippen LogP contribution in [-0.4, -0.2) is 23.7 Å². The number of carboxylic acids is 1. The first-order valence-corrected chi connectivity index (χ1v) is 6.67. The number of rotatable bonds is 5. The summed E-state index contributed by atoms with van der Waals surface area (Å²) in [6, 6.07) is 0. The molecule has 4 heteroatoms. The first-order chi connectivity index (χ1) is 8.27. The molecule has 0 spiro atoms. The second-order valence-corrected chi connectivity index (χ2v) is 5.97. The lowest BCUT2D eigenvalue weighted by Gasteiger charge is -2.38. The highest BCUT2D eigenvalue weighted by Crippen LogP contribution is 2.56. The number of esters is 1. The fraction of sp³-hybridized carbons (Fsp3) is 0.857. The highest BCUT2D eigenvalue weighted by Gasteiger charge is 2.59. The number of hydrogen-bond acceptors (Lipinski definition) is 3. The van der Waals surface area contributed by atoms with Gasteiger partial charge in [0.15, 0.2) is 0 Å². The number of unbranched alkanes of at least 4 members (excludes halogenated alkanes) is 1. The fourth-order valence-electron chi connectivity index (χ4n) is 2.77. The summed E-state index contributed by atoms with van der Waals surface area (Å²) in [7, 11) is 0. The summed E-state index contributed by atoms with van der Waals surface area (Å²) < 4.78 is 5.30. The fourth-order valence-corrected chi connectivity index (χ4v) is 2.77. The Labute approximate surface area is 109 Å². The summed E-state index contributed by atoms with van der Waals surface area (Å²) in [6.45, 7) is 8.03. The monoisotopic (exact) mass is 256 g/mol. The topological polar surface area (TPSA) is 63.6 Å². The lowest BCUT2D eigenvalue weighted by Crippen LogP contribution is -2.43. The van der Waals surface area contributed by atoms with Gasteiger partial charge in [-0.1, -0.05) is 27.2 Å². The molecule has 2 atom stereocenters. The van der Waals surface area contributed by atoms with Gasteiger partial charge in [-0.15, -0.1) is 0 Å². The third kappa shape index (κ3) is 2.38. The van der Waals surface area contributed by atoms with Crippen LogP contribution in [0, 0.1) is 16.7 Å². The molecule has 0 radical (unpaired) electrons. The number of ether oxygens (including phenoxy) is 1. The van der Waals surface area contributed by atoms with Gasteiger partial charge in [0.1, 0.15) is 0 Å². The van der Waals surface area contributed by atoms with Crippen molar-refractivity contribution in [2.24, 2.45) is 16.7 Å². The predicted molar refractivity (Wildman–Crippen MR) is 68.1 cm³/mol. The van der Waals surface area contributed by atoms with E-state index in [1.807, 2.05) is 27.7 Å². The minimum Gasteiger partial charge on any atom is -0.481 e. The third-order valence-electron chi connectivity index (χ3n) is 4.71. The first-order valence-electron chi connectivity index (χ1n) is 6.67. The lowest BCUT2D eigenvalue weighted by molar-refractivity contribution is -0.163. The molecule has 2 unspecified atom stereocenters. The molecule has 0 saturated heterocycles. The van der Waals surface area contributed by atoms with Crippen LogP contribution in [0.4, 0.5) is 0 Å². The third-order valence-corrected chi connectivity index (χ3v) is 4.71. The molecule has 0 aromatic carbocycles. The van der Waals surface area contributed by atoms with Crippen molar-refractivity contribution in [1.82, 2.24) is 0 Å². The predicted octanol–water partition coefficient (Wildman–Crippen LogP) is 2.86. The molecular formula is C14H24O4. The summed E-state index contributed by atoms with van der Waals surface area (Å²) in [5.74, 6) is -1.53. The average molecular weight is 256 g/mol. The highest BCUT2D eigenvalue weighted by atomic mass is 16.5. The molecule has 0 bridgehead atoms. The summed E-state index contributed by atoms with van der Waals surface area (Å²) in [6.07, 6.45) is 2.96. The maximum atomic E-state index is 12.2. The van der Waals surface area contributed by atoms with Gasteiger partial charge in [-0.3, -0.25) is 9.59 Å². The van der Waals surface area contributed by atoms with Crippen LogP contribution in [-0.2, 0) is 14.3 Å². The molecule has 18 heavy (non-hydrogen) atoms. The Balaban J connectivity index is 2.80. The number of hydrogen-bond donors (Lipinski definition) is 1. The molecule has 0 heterocycles. The van der Waals surface area contributed by atoms with Crippen molar-refractivity contribution in [3.05, 3.63) is 0 Å². The second-order valence-electron chi connectivity index (χ2n) is 5.97. The van der Waals surface area contributed by atoms with Crippen LogP contribution < -0.4 is 0 Å². The van der Waals surface area contributed by atoms with Crippen LogP contribution in [0.2, 0.25) is 0 Å². The molecule has 4 nitrogen and oxygen atoms in total. The molecule has 1 fully saturated rings. The van der Waals surface area contributed by atoms with Crippen molar-refractivity contribution in [2.75, 3.05) is 6.61 Å². The Bertz CT molecular complexity index is 335. The van der Waals surface area contributed by atoms with E-state index in [2.05, 4.69) is 0 Å². The lowest BCUT2D eigenvalue weighted by atomic mass is 9.66. The highest BCUT2D eigenvalue weighted by molar-refractivity contribution is 5.81. The standard InChI is InChI=1S/C14H24O4/c1-5-6-9-18-12(17)14(4)8-7-10(11(15)16)13(14,2)3/h10H,5-9H2,1-4H3,(H,15,16). The first kappa shape index (κ1) is 15.0. The Morgan fingerprint density at radius 3 is 2.39 bits per heavy atom. The van der Waals surface area contributed by atoms with Gasteiger partial charge in [0.25, 0.3) is 0 Å². The van der Waals surface area contributed by atoms with E-state index in [0.717, 1.165) is 12.8 Å². The molecule has 1 aliphatic rings. The zero-order valence-corrected chi connectivity index (χ0v) is 11.8. The van der Waals surface area contributed by atoms with Crippen LogP contribution in [0.5, 0.6) is 0 Å². The van der Waals surface area contributed by atoms with Crippen LogP contribution in [0.1, 0.15) is 53.4 Å². The van der Waals surface area contributed by atoms with Gasteiger partial charge in [-0.2, -0.15) is 0 Å². The SMILES string of the molecule is CCCCOC(=O)C1(C)CCC(C(=O)O)C1(C)C. The smallest absolute Gasteiger partial charge is 0.312 e. The summed E-state index contributed by atoms with van der Waals surface area (Å²) in [4.78, 5) is 23.4. The van der Waals surface area contributed by atoms with Crippen molar-refractivity contribution in [1.29, 1.82) is 0 Å².